The summed E-state index contributed by atoms with van der Waals surface area (Å²) in [7, 11) is 0. The van der Waals surface area contributed by atoms with Gasteiger partial charge in [-0.3, -0.25) is 4.79 Å². The molecule has 0 aliphatic carbocycles. The minimum absolute atomic E-state index is 0.0481. The Morgan fingerprint density at radius 3 is 2.55 bits per heavy atom. The lowest BCUT2D eigenvalue weighted by Crippen LogP contribution is -2.36. The van der Waals surface area contributed by atoms with Gasteiger partial charge in [0.25, 0.3) is 5.91 Å². The van der Waals surface area contributed by atoms with Crippen molar-refractivity contribution in [1.82, 2.24) is 15.3 Å². The number of aromatic nitrogens is 2. The highest BCUT2D eigenvalue weighted by Crippen LogP contribution is 2.43. The molecular formula is C26H26F5N5O2. The normalized spacial score (nSPS) is 16.6. The second kappa shape index (κ2) is 11.3. The second-order valence-corrected chi connectivity index (χ2v) is 8.88. The summed E-state index contributed by atoms with van der Waals surface area (Å²) >= 11 is 0. The van der Waals surface area contributed by atoms with E-state index in [0.717, 1.165) is 37.1 Å². The van der Waals surface area contributed by atoms with Gasteiger partial charge in [0, 0.05) is 42.3 Å². The third-order valence-corrected chi connectivity index (χ3v) is 6.14. The second-order valence-electron chi connectivity index (χ2n) is 8.88. The van der Waals surface area contributed by atoms with Gasteiger partial charge < -0.3 is 20.7 Å². The van der Waals surface area contributed by atoms with Crippen LogP contribution < -0.4 is 20.7 Å². The third kappa shape index (κ3) is 6.36. The van der Waals surface area contributed by atoms with E-state index in [2.05, 4.69) is 25.9 Å². The predicted molar refractivity (Wildman–Crippen MR) is 131 cm³/mol. The van der Waals surface area contributed by atoms with Crippen LogP contribution in [0.1, 0.15) is 41.3 Å². The molecular weight excluding hydrogens is 509 g/mol. The number of pyridine rings is 2. The fraction of sp³-hybridized carbons (Fsp3) is 0.346. The van der Waals surface area contributed by atoms with Crippen LogP contribution in [0.5, 0.6) is 5.88 Å². The van der Waals surface area contributed by atoms with E-state index in [1.165, 1.54) is 12.3 Å². The molecule has 1 saturated heterocycles. The summed E-state index contributed by atoms with van der Waals surface area (Å²) in [5, 5.41) is 8.97. The summed E-state index contributed by atoms with van der Waals surface area (Å²) < 4.78 is 70.8. The van der Waals surface area contributed by atoms with Gasteiger partial charge in [0.1, 0.15) is 11.9 Å². The molecule has 0 radical (unpaired) electrons. The molecule has 0 bridgehead atoms. The lowest BCUT2D eigenvalue weighted by atomic mass is 10.1. The zero-order valence-corrected chi connectivity index (χ0v) is 20.4. The maximum absolute atomic E-state index is 13.5. The van der Waals surface area contributed by atoms with Crippen LogP contribution >= 0.6 is 0 Å². The Balaban J connectivity index is 1.39. The molecule has 1 amide bonds. The summed E-state index contributed by atoms with van der Waals surface area (Å²) in [6, 6.07) is 10.1. The van der Waals surface area contributed by atoms with Crippen LogP contribution in [0.25, 0.3) is 0 Å². The number of alkyl halides is 5. The maximum Gasteiger partial charge on any atom is 0.458 e. The molecule has 3 aromatic rings. The van der Waals surface area contributed by atoms with Crippen molar-refractivity contribution in [3.8, 4) is 5.88 Å². The summed E-state index contributed by atoms with van der Waals surface area (Å²) in [4.78, 5) is 21.3. The van der Waals surface area contributed by atoms with E-state index in [0.29, 0.717) is 24.6 Å². The Morgan fingerprint density at radius 2 is 1.87 bits per heavy atom. The van der Waals surface area contributed by atoms with Crippen molar-refractivity contribution in [2.75, 3.05) is 17.2 Å². The molecule has 0 spiro atoms. The number of hydrogen-bond acceptors (Lipinski definition) is 6. The van der Waals surface area contributed by atoms with Crippen molar-refractivity contribution >= 4 is 17.4 Å². The van der Waals surface area contributed by atoms with E-state index in [4.69, 9.17) is 4.74 Å². The lowest BCUT2D eigenvalue weighted by molar-refractivity contribution is -0.289. The van der Waals surface area contributed by atoms with Gasteiger partial charge in [0.05, 0.1) is 5.56 Å². The number of halogens is 5. The van der Waals surface area contributed by atoms with Crippen LogP contribution in [0.15, 0.2) is 60.9 Å². The van der Waals surface area contributed by atoms with Gasteiger partial charge in [-0.05, 0) is 62.2 Å². The quantitative estimate of drug-likeness (QED) is 0.313. The number of carbonyl (C=O) groups is 1. The number of ether oxygens (including phenoxy) is 1. The van der Waals surface area contributed by atoms with E-state index >= 15 is 0 Å². The number of rotatable bonds is 9. The Kier molecular flexibility index (Phi) is 8.10. The van der Waals surface area contributed by atoms with Crippen LogP contribution in [0.2, 0.25) is 0 Å². The minimum Gasteiger partial charge on any atom is -0.473 e. The first-order valence-corrected chi connectivity index (χ1v) is 11.9. The van der Waals surface area contributed by atoms with Crippen molar-refractivity contribution in [3.05, 3.63) is 77.6 Å². The van der Waals surface area contributed by atoms with Crippen LogP contribution in [-0.4, -0.2) is 40.7 Å². The van der Waals surface area contributed by atoms with Gasteiger partial charge in [-0.15, -0.1) is 0 Å². The van der Waals surface area contributed by atoms with Crippen LogP contribution in [0.3, 0.4) is 0 Å². The molecule has 2 unspecified atom stereocenters. The number of nitrogens with one attached hydrogen (secondary N) is 3. The molecule has 1 aromatic carbocycles. The molecule has 2 aromatic heterocycles. The zero-order valence-electron chi connectivity index (χ0n) is 20.4. The van der Waals surface area contributed by atoms with Crippen LogP contribution in [-0.2, 0) is 12.5 Å². The van der Waals surface area contributed by atoms with Gasteiger partial charge >= 0.3 is 12.1 Å². The largest absolute Gasteiger partial charge is 0.473 e. The third-order valence-electron chi connectivity index (χ3n) is 6.14. The number of benzene rings is 1. The molecule has 3 heterocycles. The van der Waals surface area contributed by atoms with Gasteiger partial charge in [0.15, 0.2) is 0 Å². The lowest BCUT2D eigenvalue weighted by Gasteiger charge is -2.20. The molecule has 2 atom stereocenters. The van der Waals surface area contributed by atoms with Crippen molar-refractivity contribution in [1.29, 1.82) is 0 Å². The maximum atomic E-state index is 13.5. The summed E-state index contributed by atoms with van der Waals surface area (Å²) in [5.74, 6) is -4.89. The minimum atomic E-state index is -5.72. The first-order chi connectivity index (χ1) is 18.0. The molecule has 1 fully saturated rings. The molecule has 12 heteroatoms. The van der Waals surface area contributed by atoms with Gasteiger partial charge in [-0.25, -0.2) is 9.97 Å². The van der Waals surface area contributed by atoms with Gasteiger partial charge in [0.2, 0.25) is 5.88 Å². The van der Waals surface area contributed by atoms with Crippen LogP contribution in [0, 0.1) is 0 Å². The summed E-state index contributed by atoms with van der Waals surface area (Å²) in [6.07, 6.45) is -0.509. The molecule has 0 saturated carbocycles. The first-order valence-electron chi connectivity index (χ1n) is 11.9. The summed E-state index contributed by atoms with van der Waals surface area (Å²) in [5.41, 5.74) is -0.182. The van der Waals surface area contributed by atoms with E-state index < -0.39 is 23.6 Å². The number of anilines is 2. The highest BCUT2D eigenvalue weighted by molar-refractivity contribution is 6.07. The number of nitrogens with zero attached hydrogens (tertiary/aromatic N) is 2. The average molecular weight is 536 g/mol. The van der Waals surface area contributed by atoms with Crippen LogP contribution in [0.4, 0.5) is 33.5 Å². The van der Waals surface area contributed by atoms with E-state index in [1.807, 2.05) is 6.92 Å². The fourth-order valence-corrected chi connectivity index (χ4v) is 4.05. The molecule has 1 aliphatic rings. The van der Waals surface area contributed by atoms with E-state index in [-0.39, 0.29) is 29.2 Å². The van der Waals surface area contributed by atoms with Gasteiger partial charge in [-0.2, -0.15) is 22.0 Å². The molecule has 7 nitrogen and oxygen atoms in total. The van der Waals surface area contributed by atoms with Crippen molar-refractivity contribution < 1.29 is 31.5 Å². The predicted octanol–water partition coefficient (Wildman–Crippen LogP) is 5.51. The number of carbonyl (C=O) groups excluding carboxylic acids is 1. The van der Waals surface area contributed by atoms with Crippen molar-refractivity contribution in [2.45, 2.75) is 50.6 Å². The monoisotopic (exact) mass is 535 g/mol. The van der Waals surface area contributed by atoms with Crippen molar-refractivity contribution in [3.63, 3.8) is 0 Å². The Morgan fingerprint density at radius 1 is 1.11 bits per heavy atom. The molecule has 38 heavy (non-hydrogen) atoms. The number of amides is 1. The zero-order chi connectivity index (χ0) is 27.3. The van der Waals surface area contributed by atoms with Crippen molar-refractivity contribution in [2.24, 2.45) is 0 Å². The molecule has 1 aliphatic heterocycles. The van der Waals surface area contributed by atoms with Gasteiger partial charge in [-0.1, -0.05) is 12.1 Å². The standard InChI is InChI=1S/C26H26F5N5O2/c1-16(21-5-3-11-32-21)38-22-14-17(10-13-33-22)15-35-23-20(4-2-12-34-23)24(37)36-19-8-6-18(7-9-19)25(27,28)26(29,30)31/h2,4,6-10,12-14,16,21,32H,3,5,11,15H2,1H3,(H,34,35)(H,36,37). The Bertz CT molecular complexity index is 1250. The topological polar surface area (TPSA) is 88.2 Å². The smallest absolute Gasteiger partial charge is 0.458 e. The average Bonchev–Trinajstić information content (AvgIpc) is 3.43. The first kappa shape index (κ1) is 27.2. The fourth-order valence-electron chi connectivity index (χ4n) is 4.05. The number of hydrogen-bond donors (Lipinski definition) is 3. The Labute approximate surface area is 215 Å². The molecule has 3 N–H and O–H groups in total. The highest BCUT2D eigenvalue weighted by Gasteiger charge is 2.58. The summed E-state index contributed by atoms with van der Waals surface area (Å²) in [6.45, 7) is 3.26. The van der Waals surface area contributed by atoms with E-state index in [1.54, 1.807) is 24.4 Å². The van der Waals surface area contributed by atoms with E-state index in [9.17, 15) is 26.7 Å². The highest BCUT2D eigenvalue weighted by atomic mass is 19.4. The Hall–Kier alpha value is -3.80. The molecule has 202 valence electrons. The SMILES string of the molecule is CC(Oc1cc(CNc2ncccc2C(=O)Nc2ccc(C(F)(F)C(F)(F)F)cc2)ccn1)C1CCCN1. The molecule has 4 rings (SSSR count).